The summed E-state index contributed by atoms with van der Waals surface area (Å²) in [6.45, 7) is -0.0561. The summed E-state index contributed by atoms with van der Waals surface area (Å²) in [7, 11) is 2.87. The van der Waals surface area contributed by atoms with E-state index in [1.54, 1.807) is 24.3 Å². The molecule has 6 nitrogen and oxygen atoms in total. The van der Waals surface area contributed by atoms with Crippen molar-refractivity contribution in [1.82, 2.24) is 0 Å². The van der Waals surface area contributed by atoms with Gasteiger partial charge in [0.1, 0.15) is 6.61 Å². The molecule has 0 unspecified atom stereocenters. The summed E-state index contributed by atoms with van der Waals surface area (Å²) in [6, 6.07) is 9.64. The summed E-state index contributed by atoms with van der Waals surface area (Å²) in [4.78, 5) is 23.9. The maximum absolute atomic E-state index is 12.4. The largest absolute Gasteiger partial charge is 0.494 e. The highest BCUT2D eigenvalue weighted by molar-refractivity contribution is 6.37. The van der Waals surface area contributed by atoms with E-state index in [9.17, 15) is 9.59 Å². The number of benzene rings is 2. The summed E-state index contributed by atoms with van der Waals surface area (Å²) in [6.07, 6.45) is 0. The Morgan fingerprint density at radius 3 is 2.16 bits per heavy atom. The molecule has 0 fully saturated rings. The summed E-state index contributed by atoms with van der Waals surface area (Å²) in [5.74, 6) is -0.380. The van der Waals surface area contributed by atoms with Crippen LogP contribution in [0.15, 0.2) is 36.4 Å². The summed E-state index contributed by atoms with van der Waals surface area (Å²) in [5, 5.41) is 5.85. The van der Waals surface area contributed by atoms with E-state index in [0.717, 1.165) is 0 Å². The number of hydrogen-bond acceptors (Lipinski definition) is 4. The lowest BCUT2D eigenvalue weighted by Crippen LogP contribution is -2.17. The van der Waals surface area contributed by atoms with Crippen molar-refractivity contribution in [2.75, 3.05) is 31.5 Å². The number of hydrogen-bond donors (Lipinski definition) is 2. The molecule has 0 bridgehead atoms. The van der Waals surface area contributed by atoms with E-state index in [1.807, 2.05) is 0 Å². The van der Waals surface area contributed by atoms with Gasteiger partial charge in [-0.1, -0.05) is 29.3 Å². The number of rotatable bonds is 6. The number of carbonyl (C=O) groups is 2. The number of nitrogens with one attached hydrogen (secondary N) is 2. The zero-order valence-corrected chi connectivity index (χ0v) is 15.1. The predicted octanol–water partition coefficient (Wildman–Crippen LogP) is 3.84. The first-order chi connectivity index (χ1) is 11.9. The fourth-order valence-electron chi connectivity index (χ4n) is 2.09. The molecule has 0 aliphatic carbocycles. The molecule has 0 aromatic heterocycles. The van der Waals surface area contributed by atoms with Gasteiger partial charge in [0.2, 0.25) is 5.91 Å². The Labute approximate surface area is 155 Å². The van der Waals surface area contributed by atoms with Crippen LogP contribution in [0.5, 0.6) is 5.75 Å². The Balaban J connectivity index is 2.14. The van der Waals surface area contributed by atoms with E-state index in [1.165, 1.54) is 26.4 Å². The van der Waals surface area contributed by atoms with Crippen molar-refractivity contribution in [3.05, 3.63) is 52.0 Å². The standard InChI is InChI=1S/C17H16Cl2N2O4/c1-24-9-15(22)20-11-4-3-5-12(8-11)21-17(23)10-6-13(18)16(25-2)14(19)7-10/h3-8H,9H2,1-2H3,(H,20,22)(H,21,23). The number of amides is 2. The van der Waals surface area contributed by atoms with E-state index in [-0.39, 0.29) is 28.1 Å². The predicted molar refractivity (Wildman–Crippen MR) is 97.9 cm³/mol. The average Bonchev–Trinajstić information content (AvgIpc) is 2.55. The Bertz CT molecular complexity index is 773. The third kappa shape index (κ3) is 5.09. The van der Waals surface area contributed by atoms with Gasteiger partial charge in [-0.05, 0) is 30.3 Å². The number of methoxy groups -OCH3 is 2. The second kappa shape index (κ2) is 8.71. The molecule has 0 aliphatic heterocycles. The van der Waals surface area contributed by atoms with Crippen LogP contribution in [0, 0.1) is 0 Å². The summed E-state index contributed by atoms with van der Waals surface area (Å²) in [5.41, 5.74) is 1.32. The molecule has 0 heterocycles. The Hall–Kier alpha value is -2.28. The van der Waals surface area contributed by atoms with E-state index in [0.29, 0.717) is 17.1 Å². The first-order valence-corrected chi connectivity index (χ1v) is 7.93. The van der Waals surface area contributed by atoms with Gasteiger partial charge in [-0.25, -0.2) is 0 Å². The lowest BCUT2D eigenvalue weighted by atomic mass is 10.2. The highest BCUT2D eigenvalue weighted by Gasteiger charge is 2.14. The van der Waals surface area contributed by atoms with Crippen LogP contribution >= 0.6 is 23.2 Å². The SMILES string of the molecule is COCC(=O)Nc1cccc(NC(=O)c2cc(Cl)c(OC)c(Cl)c2)c1. The molecule has 0 saturated carbocycles. The molecule has 0 radical (unpaired) electrons. The minimum absolute atomic E-state index is 0.0561. The zero-order valence-electron chi connectivity index (χ0n) is 13.6. The van der Waals surface area contributed by atoms with Crippen molar-refractivity contribution in [3.63, 3.8) is 0 Å². The third-order valence-electron chi connectivity index (χ3n) is 3.14. The quantitative estimate of drug-likeness (QED) is 0.795. The maximum Gasteiger partial charge on any atom is 0.255 e. The molecule has 2 aromatic carbocycles. The lowest BCUT2D eigenvalue weighted by molar-refractivity contribution is -0.119. The molecule has 0 atom stereocenters. The van der Waals surface area contributed by atoms with Gasteiger partial charge in [0.15, 0.2) is 5.75 Å². The lowest BCUT2D eigenvalue weighted by Gasteiger charge is -2.11. The van der Waals surface area contributed by atoms with Gasteiger partial charge in [0.25, 0.3) is 5.91 Å². The Morgan fingerprint density at radius 1 is 1.00 bits per heavy atom. The third-order valence-corrected chi connectivity index (χ3v) is 3.71. The summed E-state index contributed by atoms with van der Waals surface area (Å²) >= 11 is 12.1. The molecular formula is C17H16Cl2N2O4. The van der Waals surface area contributed by atoms with Crippen LogP contribution in [0.3, 0.4) is 0 Å². The zero-order chi connectivity index (χ0) is 18.4. The summed E-state index contributed by atoms with van der Waals surface area (Å²) < 4.78 is 9.81. The Morgan fingerprint density at radius 2 is 1.60 bits per heavy atom. The van der Waals surface area contributed by atoms with Crippen LogP contribution in [0.4, 0.5) is 11.4 Å². The van der Waals surface area contributed by atoms with Gasteiger partial charge in [-0.15, -0.1) is 0 Å². The molecule has 8 heteroatoms. The van der Waals surface area contributed by atoms with Crippen LogP contribution < -0.4 is 15.4 Å². The van der Waals surface area contributed by atoms with E-state index >= 15 is 0 Å². The molecule has 0 saturated heterocycles. The molecule has 0 spiro atoms. The van der Waals surface area contributed by atoms with Crippen LogP contribution in [0.25, 0.3) is 0 Å². The van der Waals surface area contributed by atoms with Gasteiger partial charge in [0, 0.05) is 24.0 Å². The van der Waals surface area contributed by atoms with E-state index < -0.39 is 5.91 Å². The average molecular weight is 383 g/mol. The monoisotopic (exact) mass is 382 g/mol. The molecule has 2 N–H and O–H groups in total. The minimum atomic E-state index is -0.396. The highest BCUT2D eigenvalue weighted by atomic mass is 35.5. The van der Waals surface area contributed by atoms with Crippen LogP contribution in [-0.4, -0.2) is 32.6 Å². The van der Waals surface area contributed by atoms with Gasteiger partial charge in [-0.2, -0.15) is 0 Å². The van der Waals surface area contributed by atoms with Gasteiger partial charge < -0.3 is 20.1 Å². The maximum atomic E-state index is 12.4. The van der Waals surface area contributed by atoms with Crippen LogP contribution in [-0.2, 0) is 9.53 Å². The van der Waals surface area contributed by atoms with Gasteiger partial charge in [-0.3, -0.25) is 9.59 Å². The molecule has 2 aromatic rings. The minimum Gasteiger partial charge on any atom is -0.494 e. The first kappa shape index (κ1) is 19.1. The van der Waals surface area contributed by atoms with Gasteiger partial charge >= 0.3 is 0 Å². The molecule has 0 aliphatic rings. The number of ether oxygens (including phenoxy) is 2. The van der Waals surface area contributed by atoms with Gasteiger partial charge in [0.05, 0.1) is 17.2 Å². The topological polar surface area (TPSA) is 76.7 Å². The number of anilines is 2. The highest BCUT2D eigenvalue weighted by Crippen LogP contribution is 2.34. The van der Waals surface area contributed by atoms with E-state index in [4.69, 9.17) is 32.7 Å². The van der Waals surface area contributed by atoms with Crippen molar-refractivity contribution in [2.45, 2.75) is 0 Å². The fraction of sp³-hybridized carbons (Fsp3) is 0.176. The molecule has 25 heavy (non-hydrogen) atoms. The molecule has 2 rings (SSSR count). The second-order valence-electron chi connectivity index (χ2n) is 4.99. The molecule has 2 amide bonds. The smallest absolute Gasteiger partial charge is 0.255 e. The van der Waals surface area contributed by atoms with Crippen molar-refractivity contribution >= 4 is 46.4 Å². The number of halogens is 2. The molecule has 132 valence electrons. The normalized spacial score (nSPS) is 10.2. The fourth-order valence-corrected chi connectivity index (χ4v) is 2.73. The first-order valence-electron chi connectivity index (χ1n) is 7.18. The molecular weight excluding hydrogens is 367 g/mol. The van der Waals surface area contributed by atoms with Crippen molar-refractivity contribution in [3.8, 4) is 5.75 Å². The van der Waals surface area contributed by atoms with Crippen molar-refractivity contribution in [1.29, 1.82) is 0 Å². The van der Waals surface area contributed by atoms with Crippen LogP contribution in [0.1, 0.15) is 10.4 Å². The van der Waals surface area contributed by atoms with Crippen molar-refractivity contribution in [2.24, 2.45) is 0 Å². The Kier molecular flexibility index (Phi) is 6.64. The van der Waals surface area contributed by atoms with Crippen LogP contribution in [0.2, 0.25) is 10.0 Å². The van der Waals surface area contributed by atoms with Crippen molar-refractivity contribution < 1.29 is 19.1 Å². The van der Waals surface area contributed by atoms with E-state index in [2.05, 4.69) is 10.6 Å². The number of carbonyl (C=O) groups excluding carboxylic acids is 2. The second-order valence-corrected chi connectivity index (χ2v) is 5.80.